The molecule has 124 valence electrons. The van der Waals surface area contributed by atoms with Crippen LogP contribution >= 0.6 is 0 Å². The molecule has 2 heteroatoms. The van der Waals surface area contributed by atoms with Crippen LogP contribution < -0.4 is 5.32 Å². The lowest BCUT2D eigenvalue weighted by atomic mass is 9.79. The van der Waals surface area contributed by atoms with Gasteiger partial charge in [0.15, 0.2) is 0 Å². The molecule has 0 amide bonds. The third kappa shape index (κ3) is 5.25. The monoisotopic (exact) mass is 295 g/mol. The lowest BCUT2D eigenvalue weighted by molar-refractivity contribution is -0.0983. The van der Waals surface area contributed by atoms with Gasteiger partial charge in [-0.25, -0.2) is 0 Å². The van der Waals surface area contributed by atoms with Crippen molar-refractivity contribution < 1.29 is 4.74 Å². The summed E-state index contributed by atoms with van der Waals surface area (Å²) in [6.07, 6.45) is 16.2. The van der Waals surface area contributed by atoms with Gasteiger partial charge in [-0.2, -0.15) is 0 Å². The SMILES string of the molecule is CCCCCCC(NCCC)C1CCOC2(CCCC2)C1. The molecule has 2 unspecified atom stereocenters. The van der Waals surface area contributed by atoms with Crippen LogP contribution in [0.25, 0.3) is 0 Å². The molecule has 2 fully saturated rings. The van der Waals surface area contributed by atoms with E-state index in [0.29, 0.717) is 0 Å². The number of unbranched alkanes of at least 4 members (excludes halogenated alkanes) is 3. The Bertz CT molecular complexity index is 273. The maximum atomic E-state index is 6.23. The maximum Gasteiger partial charge on any atom is 0.0685 e. The van der Waals surface area contributed by atoms with Crippen LogP contribution in [0.1, 0.15) is 90.9 Å². The molecule has 1 aliphatic heterocycles. The van der Waals surface area contributed by atoms with E-state index in [9.17, 15) is 0 Å². The Hall–Kier alpha value is -0.0800. The van der Waals surface area contributed by atoms with Gasteiger partial charge in [0.25, 0.3) is 0 Å². The average Bonchev–Trinajstić information content (AvgIpc) is 2.94. The predicted molar refractivity (Wildman–Crippen MR) is 90.7 cm³/mol. The van der Waals surface area contributed by atoms with Crippen molar-refractivity contribution in [1.29, 1.82) is 0 Å². The number of hydrogen-bond donors (Lipinski definition) is 1. The van der Waals surface area contributed by atoms with Crippen LogP contribution in [0.4, 0.5) is 0 Å². The summed E-state index contributed by atoms with van der Waals surface area (Å²) >= 11 is 0. The fourth-order valence-corrected chi connectivity index (χ4v) is 4.40. The zero-order valence-corrected chi connectivity index (χ0v) is 14.5. The first-order chi connectivity index (χ1) is 10.3. The second kappa shape index (κ2) is 9.15. The summed E-state index contributed by atoms with van der Waals surface area (Å²) in [5.41, 5.74) is 0.276. The summed E-state index contributed by atoms with van der Waals surface area (Å²) < 4.78 is 6.23. The topological polar surface area (TPSA) is 21.3 Å². The normalized spacial score (nSPS) is 26.3. The molecule has 2 aliphatic rings. The Morgan fingerprint density at radius 2 is 1.90 bits per heavy atom. The summed E-state index contributed by atoms with van der Waals surface area (Å²) in [6, 6.07) is 0.739. The Morgan fingerprint density at radius 3 is 2.62 bits per heavy atom. The molecule has 2 atom stereocenters. The molecule has 0 aromatic rings. The van der Waals surface area contributed by atoms with E-state index in [-0.39, 0.29) is 5.60 Å². The van der Waals surface area contributed by atoms with E-state index in [0.717, 1.165) is 18.6 Å². The molecule has 1 saturated heterocycles. The van der Waals surface area contributed by atoms with Gasteiger partial charge in [-0.3, -0.25) is 0 Å². The molecule has 2 rings (SSSR count). The lowest BCUT2D eigenvalue weighted by Crippen LogP contribution is -2.46. The molecule has 1 saturated carbocycles. The third-order valence-electron chi connectivity index (χ3n) is 5.64. The first-order valence-electron chi connectivity index (χ1n) is 9.67. The summed E-state index contributed by atoms with van der Waals surface area (Å²) in [7, 11) is 0. The molecule has 1 N–H and O–H groups in total. The molecule has 0 aromatic carbocycles. The van der Waals surface area contributed by atoms with Crippen LogP contribution in [-0.4, -0.2) is 24.8 Å². The standard InChI is InChI=1S/C19H37NO/c1-3-5-6-7-10-18(20-14-4-2)17-11-15-21-19(16-17)12-8-9-13-19/h17-18,20H,3-16H2,1-2H3. The van der Waals surface area contributed by atoms with Crippen molar-refractivity contribution in [3.63, 3.8) is 0 Å². The van der Waals surface area contributed by atoms with E-state index in [2.05, 4.69) is 19.2 Å². The van der Waals surface area contributed by atoms with Crippen molar-refractivity contribution in [2.75, 3.05) is 13.2 Å². The van der Waals surface area contributed by atoms with Gasteiger partial charge in [-0.15, -0.1) is 0 Å². The van der Waals surface area contributed by atoms with Gasteiger partial charge < -0.3 is 10.1 Å². The maximum absolute atomic E-state index is 6.23. The Balaban J connectivity index is 1.85. The molecule has 0 radical (unpaired) electrons. The Kier molecular flexibility index (Phi) is 7.53. The van der Waals surface area contributed by atoms with Crippen molar-refractivity contribution in [2.24, 2.45) is 5.92 Å². The van der Waals surface area contributed by atoms with E-state index >= 15 is 0 Å². The van der Waals surface area contributed by atoms with Crippen molar-refractivity contribution in [3.8, 4) is 0 Å². The van der Waals surface area contributed by atoms with Crippen LogP contribution in [0.15, 0.2) is 0 Å². The number of rotatable bonds is 9. The van der Waals surface area contributed by atoms with Crippen LogP contribution in [0.2, 0.25) is 0 Å². The molecular weight excluding hydrogens is 258 g/mol. The van der Waals surface area contributed by atoms with Crippen LogP contribution in [0, 0.1) is 5.92 Å². The van der Waals surface area contributed by atoms with Gasteiger partial charge in [-0.05, 0) is 51.0 Å². The van der Waals surface area contributed by atoms with E-state index in [1.54, 1.807) is 0 Å². The van der Waals surface area contributed by atoms with E-state index in [4.69, 9.17) is 4.74 Å². The minimum atomic E-state index is 0.276. The van der Waals surface area contributed by atoms with E-state index in [1.165, 1.54) is 83.6 Å². The third-order valence-corrected chi connectivity index (χ3v) is 5.64. The molecule has 0 aromatic heterocycles. The van der Waals surface area contributed by atoms with Crippen molar-refractivity contribution in [2.45, 2.75) is 103 Å². The minimum Gasteiger partial charge on any atom is -0.375 e. The van der Waals surface area contributed by atoms with Gasteiger partial charge in [0.1, 0.15) is 0 Å². The largest absolute Gasteiger partial charge is 0.375 e. The van der Waals surface area contributed by atoms with E-state index < -0.39 is 0 Å². The average molecular weight is 296 g/mol. The van der Waals surface area contributed by atoms with Crippen LogP contribution in [0.5, 0.6) is 0 Å². The van der Waals surface area contributed by atoms with Crippen LogP contribution in [-0.2, 0) is 4.74 Å². The van der Waals surface area contributed by atoms with Gasteiger partial charge in [0.05, 0.1) is 5.60 Å². The first-order valence-corrected chi connectivity index (χ1v) is 9.67. The molecular formula is C19H37NO. The van der Waals surface area contributed by atoms with Crippen molar-refractivity contribution >= 4 is 0 Å². The Labute approximate surface area is 132 Å². The van der Waals surface area contributed by atoms with Gasteiger partial charge in [0, 0.05) is 12.6 Å². The number of nitrogens with one attached hydrogen (secondary N) is 1. The fourth-order valence-electron chi connectivity index (χ4n) is 4.40. The van der Waals surface area contributed by atoms with Gasteiger partial charge >= 0.3 is 0 Å². The Morgan fingerprint density at radius 1 is 1.10 bits per heavy atom. The zero-order chi connectivity index (χ0) is 15.0. The molecule has 2 nitrogen and oxygen atoms in total. The van der Waals surface area contributed by atoms with Crippen molar-refractivity contribution in [1.82, 2.24) is 5.32 Å². The number of ether oxygens (including phenoxy) is 1. The first kappa shape index (κ1) is 17.3. The lowest BCUT2D eigenvalue weighted by Gasteiger charge is -2.41. The molecule has 1 aliphatic carbocycles. The molecule has 21 heavy (non-hydrogen) atoms. The molecule has 1 spiro atoms. The second-order valence-corrected chi connectivity index (χ2v) is 7.40. The molecule has 0 bridgehead atoms. The highest BCUT2D eigenvalue weighted by Gasteiger charge is 2.41. The predicted octanol–water partition coefficient (Wildman–Crippen LogP) is 5.06. The van der Waals surface area contributed by atoms with Gasteiger partial charge in [0.2, 0.25) is 0 Å². The highest BCUT2D eigenvalue weighted by Crippen LogP contribution is 2.43. The molecule has 1 heterocycles. The van der Waals surface area contributed by atoms with Crippen LogP contribution in [0.3, 0.4) is 0 Å². The highest BCUT2D eigenvalue weighted by atomic mass is 16.5. The second-order valence-electron chi connectivity index (χ2n) is 7.40. The summed E-state index contributed by atoms with van der Waals surface area (Å²) in [5.74, 6) is 0.852. The number of hydrogen-bond acceptors (Lipinski definition) is 2. The van der Waals surface area contributed by atoms with Gasteiger partial charge in [-0.1, -0.05) is 52.4 Å². The summed E-state index contributed by atoms with van der Waals surface area (Å²) in [4.78, 5) is 0. The fraction of sp³-hybridized carbons (Fsp3) is 1.00. The smallest absolute Gasteiger partial charge is 0.0685 e. The van der Waals surface area contributed by atoms with Crippen molar-refractivity contribution in [3.05, 3.63) is 0 Å². The summed E-state index contributed by atoms with van der Waals surface area (Å²) in [5, 5.41) is 3.87. The highest BCUT2D eigenvalue weighted by molar-refractivity contribution is 4.94. The minimum absolute atomic E-state index is 0.276. The summed E-state index contributed by atoms with van der Waals surface area (Å²) in [6.45, 7) is 6.77. The zero-order valence-electron chi connectivity index (χ0n) is 14.5. The van der Waals surface area contributed by atoms with E-state index in [1.807, 2.05) is 0 Å². The quantitative estimate of drug-likeness (QED) is 0.600.